The van der Waals surface area contributed by atoms with Crippen LogP contribution in [0.4, 0.5) is 0 Å². The molecule has 1 aliphatic rings. The Hall–Kier alpha value is -2.26. The van der Waals surface area contributed by atoms with Crippen LogP contribution in [-0.2, 0) is 0 Å². The van der Waals surface area contributed by atoms with Gasteiger partial charge in [-0.1, -0.05) is 43.1 Å². The molecule has 0 aliphatic carbocycles. The van der Waals surface area contributed by atoms with Crippen molar-refractivity contribution in [3.05, 3.63) is 64.4 Å². The van der Waals surface area contributed by atoms with Crippen LogP contribution in [0.1, 0.15) is 35.7 Å². The normalized spacial score (nSPS) is 14.7. The van der Waals surface area contributed by atoms with E-state index in [0.717, 1.165) is 24.2 Å². The van der Waals surface area contributed by atoms with Gasteiger partial charge in [0.15, 0.2) is 5.76 Å². The average molecular weight is 329 g/mol. The molecule has 0 fully saturated rings. The quantitative estimate of drug-likeness (QED) is 0.563. The molecule has 4 heteroatoms. The van der Waals surface area contributed by atoms with Gasteiger partial charge in [0.25, 0.3) is 0 Å². The number of hydrogen-bond acceptors (Lipinski definition) is 3. The predicted octanol–water partition coefficient (Wildman–Crippen LogP) is 5.14. The molecule has 2 aromatic rings. The fourth-order valence-corrected chi connectivity index (χ4v) is 2.53. The standard InChI is InChI=1S/C19H17ClO3/c1-2-3-10-22-16-7-5-4-6-13(16)11-18-19(21)15-12-14(20)8-9-17(15)23-18/h4-9,11-12H,2-3,10H2,1H3/b18-11-. The van der Waals surface area contributed by atoms with Crippen LogP contribution >= 0.6 is 11.6 Å². The number of ketones is 1. The smallest absolute Gasteiger partial charge is 0.232 e. The summed E-state index contributed by atoms with van der Waals surface area (Å²) in [5.74, 6) is 1.41. The number of fused-ring (bicyclic) bond motifs is 1. The number of para-hydroxylation sites is 1. The van der Waals surface area contributed by atoms with Crippen molar-refractivity contribution in [2.45, 2.75) is 19.8 Å². The minimum Gasteiger partial charge on any atom is -0.493 e. The van der Waals surface area contributed by atoms with Crippen molar-refractivity contribution in [2.24, 2.45) is 0 Å². The minimum absolute atomic E-state index is 0.161. The van der Waals surface area contributed by atoms with E-state index < -0.39 is 0 Å². The second-order valence-corrected chi connectivity index (χ2v) is 5.76. The second kappa shape index (κ2) is 6.88. The summed E-state index contributed by atoms with van der Waals surface area (Å²) >= 11 is 5.95. The van der Waals surface area contributed by atoms with E-state index in [4.69, 9.17) is 21.1 Å². The molecule has 0 saturated carbocycles. The first-order chi connectivity index (χ1) is 11.2. The number of halogens is 1. The van der Waals surface area contributed by atoms with Crippen molar-refractivity contribution in [1.82, 2.24) is 0 Å². The molecule has 0 aromatic heterocycles. The van der Waals surface area contributed by atoms with Gasteiger partial charge in [-0.3, -0.25) is 4.79 Å². The van der Waals surface area contributed by atoms with E-state index in [1.807, 2.05) is 24.3 Å². The van der Waals surface area contributed by atoms with Gasteiger partial charge in [0.05, 0.1) is 12.2 Å². The summed E-state index contributed by atoms with van der Waals surface area (Å²) in [5, 5.41) is 0.519. The van der Waals surface area contributed by atoms with Crippen molar-refractivity contribution in [3.8, 4) is 11.5 Å². The molecule has 118 valence electrons. The zero-order valence-electron chi connectivity index (χ0n) is 12.8. The lowest BCUT2D eigenvalue weighted by Gasteiger charge is -2.08. The molecule has 0 unspecified atom stereocenters. The monoisotopic (exact) mass is 328 g/mol. The summed E-state index contributed by atoms with van der Waals surface area (Å²) in [7, 11) is 0. The van der Waals surface area contributed by atoms with Gasteiger partial charge >= 0.3 is 0 Å². The Morgan fingerprint density at radius 3 is 2.87 bits per heavy atom. The van der Waals surface area contributed by atoms with Gasteiger partial charge in [0.2, 0.25) is 5.78 Å². The molecule has 1 aliphatic heterocycles. The molecule has 0 saturated heterocycles. The van der Waals surface area contributed by atoms with Crippen molar-refractivity contribution in [1.29, 1.82) is 0 Å². The van der Waals surface area contributed by atoms with Crippen LogP contribution in [0, 0.1) is 0 Å². The number of carbonyl (C=O) groups is 1. The summed E-state index contributed by atoms with van der Waals surface area (Å²) in [6.07, 6.45) is 3.78. The van der Waals surface area contributed by atoms with Crippen LogP contribution < -0.4 is 9.47 Å². The molecular formula is C19H17ClO3. The fraction of sp³-hybridized carbons (Fsp3) is 0.211. The highest BCUT2D eigenvalue weighted by molar-refractivity contribution is 6.31. The number of rotatable bonds is 5. The number of unbranched alkanes of at least 4 members (excludes halogenated alkanes) is 1. The van der Waals surface area contributed by atoms with Gasteiger partial charge in [-0.15, -0.1) is 0 Å². The summed E-state index contributed by atoms with van der Waals surface area (Å²) in [6, 6.07) is 12.7. The van der Waals surface area contributed by atoms with E-state index in [1.54, 1.807) is 24.3 Å². The van der Waals surface area contributed by atoms with Gasteiger partial charge in [0, 0.05) is 10.6 Å². The van der Waals surface area contributed by atoms with E-state index in [2.05, 4.69) is 6.92 Å². The lowest BCUT2D eigenvalue weighted by Crippen LogP contribution is -2.01. The van der Waals surface area contributed by atoms with Crippen LogP contribution in [0.5, 0.6) is 11.5 Å². The molecule has 0 amide bonds. The molecule has 0 radical (unpaired) electrons. The van der Waals surface area contributed by atoms with Gasteiger partial charge in [0.1, 0.15) is 11.5 Å². The van der Waals surface area contributed by atoms with E-state index in [9.17, 15) is 4.79 Å². The first kappa shape index (κ1) is 15.6. The molecule has 0 bridgehead atoms. The topological polar surface area (TPSA) is 35.5 Å². The third-order valence-corrected chi connectivity index (χ3v) is 3.83. The molecular weight excluding hydrogens is 312 g/mol. The van der Waals surface area contributed by atoms with Crippen molar-refractivity contribution in [3.63, 3.8) is 0 Å². The lowest BCUT2D eigenvalue weighted by molar-refractivity contribution is 0.101. The number of ether oxygens (including phenoxy) is 2. The molecule has 3 rings (SSSR count). The van der Waals surface area contributed by atoms with Crippen LogP contribution in [0.25, 0.3) is 6.08 Å². The van der Waals surface area contributed by atoms with Gasteiger partial charge in [-0.25, -0.2) is 0 Å². The Balaban J connectivity index is 1.87. The van der Waals surface area contributed by atoms with Gasteiger partial charge in [-0.05, 0) is 36.8 Å². The van der Waals surface area contributed by atoms with E-state index in [0.29, 0.717) is 22.9 Å². The maximum atomic E-state index is 12.4. The zero-order valence-corrected chi connectivity index (χ0v) is 13.6. The van der Waals surface area contributed by atoms with E-state index in [1.165, 1.54) is 0 Å². The Morgan fingerprint density at radius 2 is 2.04 bits per heavy atom. The van der Waals surface area contributed by atoms with Gasteiger partial charge in [-0.2, -0.15) is 0 Å². The fourth-order valence-electron chi connectivity index (χ4n) is 2.36. The minimum atomic E-state index is -0.161. The lowest BCUT2D eigenvalue weighted by atomic mass is 10.1. The highest BCUT2D eigenvalue weighted by atomic mass is 35.5. The zero-order chi connectivity index (χ0) is 16.2. The third-order valence-electron chi connectivity index (χ3n) is 3.59. The number of benzene rings is 2. The summed E-state index contributed by atoms with van der Waals surface area (Å²) in [4.78, 5) is 12.4. The van der Waals surface area contributed by atoms with Crippen LogP contribution in [0.15, 0.2) is 48.2 Å². The Labute approximate surface area is 140 Å². The largest absolute Gasteiger partial charge is 0.493 e. The van der Waals surface area contributed by atoms with Crippen LogP contribution in [0.2, 0.25) is 5.02 Å². The summed E-state index contributed by atoms with van der Waals surface area (Å²) in [5.41, 5.74) is 1.32. The predicted molar refractivity (Wildman–Crippen MR) is 91.2 cm³/mol. The van der Waals surface area contributed by atoms with E-state index in [-0.39, 0.29) is 11.5 Å². The van der Waals surface area contributed by atoms with Crippen molar-refractivity contribution >= 4 is 23.5 Å². The highest BCUT2D eigenvalue weighted by Gasteiger charge is 2.27. The average Bonchev–Trinajstić information content (AvgIpc) is 2.85. The van der Waals surface area contributed by atoms with Crippen molar-refractivity contribution in [2.75, 3.05) is 6.61 Å². The molecule has 23 heavy (non-hydrogen) atoms. The summed E-state index contributed by atoms with van der Waals surface area (Å²) in [6.45, 7) is 2.77. The van der Waals surface area contributed by atoms with E-state index >= 15 is 0 Å². The first-order valence-corrected chi connectivity index (χ1v) is 8.02. The molecule has 0 atom stereocenters. The Kier molecular flexibility index (Phi) is 4.68. The van der Waals surface area contributed by atoms with Gasteiger partial charge < -0.3 is 9.47 Å². The first-order valence-electron chi connectivity index (χ1n) is 7.64. The highest BCUT2D eigenvalue weighted by Crippen LogP contribution is 2.34. The molecule has 0 N–H and O–H groups in total. The summed E-state index contributed by atoms with van der Waals surface area (Å²) < 4.78 is 11.4. The molecule has 3 nitrogen and oxygen atoms in total. The Morgan fingerprint density at radius 1 is 1.22 bits per heavy atom. The number of Topliss-reactive ketones (excluding diaryl/α,β-unsaturated/α-hetero) is 1. The van der Waals surface area contributed by atoms with Crippen molar-refractivity contribution < 1.29 is 14.3 Å². The SMILES string of the molecule is CCCCOc1ccccc1/C=C1\Oc2ccc(Cl)cc2C1=O. The molecule has 1 heterocycles. The van der Waals surface area contributed by atoms with Crippen LogP contribution in [0.3, 0.4) is 0 Å². The maximum Gasteiger partial charge on any atom is 0.232 e. The molecule has 0 spiro atoms. The third kappa shape index (κ3) is 3.40. The number of allylic oxidation sites excluding steroid dienone is 1. The second-order valence-electron chi connectivity index (χ2n) is 5.32. The maximum absolute atomic E-state index is 12.4. The molecule has 2 aromatic carbocycles. The Bertz CT molecular complexity index is 765. The van der Waals surface area contributed by atoms with Crippen LogP contribution in [-0.4, -0.2) is 12.4 Å². The number of carbonyl (C=O) groups excluding carboxylic acids is 1. The number of hydrogen-bond donors (Lipinski definition) is 0.